The zero-order valence-electron chi connectivity index (χ0n) is 17.0. The first-order chi connectivity index (χ1) is 13.2. The van der Waals surface area contributed by atoms with Gasteiger partial charge in [0.05, 0.1) is 25.1 Å². The molecular formula is C21H28N2O4S. The SMILES string of the molecule is CC[C@@H](NC(=O)c1ccc(N(CC)S(C)(=O)=O)cc1)c1ccc(OC)c(C)c1. The number of carbonyl (C=O) groups excluding carboxylic acids is 1. The summed E-state index contributed by atoms with van der Waals surface area (Å²) in [5.41, 5.74) is 3.05. The van der Waals surface area contributed by atoms with Crippen LogP contribution < -0.4 is 14.4 Å². The molecule has 0 heterocycles. The number of methoxy groups -OCH3 is 1. The summed E-state index contributed by atoms with van der Waals surface area (Å²) in [6.07, 6.45) is 1.91. The van der Waals surface area contributed by atoms with Gasteiger partial charge in [-0.15, -0.1) is 0 Å². The third-order valence-electron chi connectivity index (χ3n) is 4.64. The topological polar surface area (TPSA) is 75.7 Å². The van der Waals surface area contributed by atoms with Gasteiger partial charge in [-0.25, -0.2) is 8.42 Å². The number of hydrogen-bond acceptors (Lipinski definition) is 4. The lowest BCUT2D eigenvalue weighted by Gasteiger charge is -2.21. The molecule has 1 N–H and O–H groups in total. The summed E-state index contributed by atoms with van der Waals surface area (Å²) in [6, 6.07) is 12.3. The highest BCUT2D eigenvalue weighted by molar-refractivity contribution is 7.92. The van der Waals surface area contributed by atoms with Crippen molar-refractivity contribution in [3.8, 4) is 5.75 Å². The van der Waals surface area contributed by atoms with Gasteiger partial charge in [-0.3, -0.25) is 9.10 Å². The van der Waals surface area contributed by atoms with Gasteiger partial charge in [0.1, 0.15) is 5.75 Å². The molecule has 0 spiro atoms. The van der Waals surface area contributed by atoms with Gasteiger partial charge in [-0.1, -0.05) is 19.1 Å². The normalized spacial score (nSPS) is 12.3. The van der Waals surface area contributed by atoms with E-state index in [-0.39, 0.29) is 11.9 Å². The first-order valence-electron chi connectivity index (χ1n) is 9.24. The van der Waals surface area contributed by atoms with Crippen LogP contribution in [0.3, 0.4) is 0 Å². The van der Waals surface area contributed by atoms with E-state index in [0.717, 1.165) is 23.3 Å². The largest absolute Gasteiger partial charge is 0.496 e. The second kappa shape index (κ2) is 9.10. The maximum absolute atomic E-state index is 12.7. The van der Waals surface area contributed by atoms with Gasteiger partial charge < -0.3 is 10.1 Å². The zero-order valence-corrected chi connectivity index (χ0v) is 17.8. The third-order valence-corrected chi connectivity index (χ3v) is 5.91. The Morgan fingerprint density at radius 3 is 2.25 bits per heavy atom. The summed E-state index contributed by atoms with van der Waals surface area (Å²) in [5, 5.41) is 3.05. The van der Waals surface area contributed by atoms with E-state index in [2.05, 4.69) is 5.32 Å². The smallest absolute Gasteiger partial charge is 0.251 e. The minimum atomic E-state index is -3.35. The average molecular weight is 405 g/mol. The summed E-state index contributed by atoms with van der Waals surface area (Å²) in [6.45, 7) is 6.08. The van der Waals surface area contributed by atoms with Gasteiger partial charge in [0.2, 0.25) is 10.0 Å². The minimum absolute atomic E-state index is 0.125. The highest BCUT2D eigenvalue weighted by atomic mass is 32.2. The highest BCUT2D eigenvalue weighted by Gasteiger charge is 2.18. The number of carbonyl (C=O) groups is 1. The molecule has 152 valence electrons. The lowest BCUT2D eigenvalue weighted by Crippen LogP contribution is -2.30. The lowest BCUT2D eigenvalue weighted by atomic mass is 10.0. The third kappa shape index (κ3) is 5.04. The molecule has 2 aromatic rings. The Hall–Kier alpha value is -2.54. The molecule has 1 amide bonds. The number of anilines is 1. The van der Waals surface area contributed by atoms with Crippen molar-refractivity contribution in [3.63, 3.8) is 0 Å². The predicted octanol–water partition coefficient (Wildman–Crippen LogP) is 3.67. The molecule has 0 aliphatic carbocycles. The number of hydrogen-bond donors (Lipinski definition) is 1. The van der Waals surface area contributed by atoms with Gasteiger partial charge in [0.15, 0.2) is 0 Å². The molecule has 0 saturated heterocycles. The Morgan fingerprint density at radius 1 is 1.14 bits per heavy atom. The van der Waals surface area contributed by atoms with E-state index in [1.807, 2.05) is 32.0 Å². The summed E-state index contributed by atoms with van der Waals surface area (Å²) < 4.78 is 30.3. The van der Waals surface area contributed by atoms with E-state index < -0.39 is 10.0 Å². The number of rotatable bonds is 8. The van der Waals surface area contributed by atoms with Crippen LogP contribution >= 0.6 is 0 Å². The van der Waals surface area contributed by atoms with E-state index in [1.165, 1.54) is 10.6 Å². The molecule has 2 aromatic carbocycles. The number of nitrogens with zero attached hydrogens (tertiary/aromatic N) is 1. The molecule has 1 atom stereocenters. The van der Waals surface area contributed by atoms with E-state index in [4.69, 9.17) is 4.74 Å². The van der Waals surface area contributed by atoms with Crippen LogP contribution in [-0.2, 0) is 10.0 Å². The quantitative estimate of drug-likeness (QED) is 0.728. The van der Waals surface area contributed by atoms with Crippen LogP contribution in [-0.4, -0.2) is 34.2 Å². The molecule has 28 heavy (non-hydrogen) atoms. The molecule has 0 aliphatic rings. The number of nitrogens with one attached hydrogen (secondary N) is 1. The van der Waals surface area contributed by atoms with Crippen molar-refractivity contribution in [1.82, 2.24) is 5.32 Å². The van der Waals surface area contributed by atoms with Crippen LogP contribution in [0.5, 0.6) is 5.75 Å². The average Bonchev–Trinajstić information content (AvgIpc) is 2.65. The maximum Gasteiger partial charge on any atom is 0.251 e. The van der Waals surface area contributed by atoms with Crippen LogP contribution in [0.2, 0.25) is 0 Å². The molecule has 0 fully saturated rings. The van der Waals surface area contributed by atoms with Crippen LogP contribution in [0.1, 0.15) is 47.8 Å². The summed E-state index contributed by atoms with van der Waals surface area (Å²) in [7, 11) is -1.71. The van der Waals surface area contributed by atoms with Crippen LogP contribution in [0.25, 0.3) is 0 Å². The molecule has 0 radical (unpaired) electrons. The monoisotopic (exact) mass is 404 g/mol. The molecule has 7 heteroatoms. The first-order valence-corrected chi connectivity index (χ1v) is 11.1. The van der Waals surface area contributed by atoms with Gasteiger partial charge in [-0.2, -0.15) is 0 Å². The Kier molecular flexibility index (Phi) is 7.07. The fourth-order valence-electron chi connectivity index (χ4n) is 3.17. The Balaban J connectivity index is 2.18. The van der Waals surface area contributed by atoms with Crippen LogP contribution in [0.15, 0.2) is 42.5 Å². The number of amides is 1. The van der Waals surface area contributed by atoms with Gasteiger partial charge >= 0.3 is 0 Å². The number of ether oxygens (including phenoxy) is 1. The first kappa shape index (κ1) is 21.8. The predicted molar refractivity (Wildman–Crippen MR) is 113 cm³/mol. The van der Waals surface area contributed by atoms with E-state index in [9.17, 15) is 13.2 Å². The molecule has 0 aliphatic heterocycles. The van der Waals surface area contributed by atoms with Gasteiger partial charge in [0.25, 0.3) is 5.91 Å². The standard InChI is InChI=1S/C21H28N2O4S/c1-6-19(17-10-13-20(27-4)15(3)14-17)22-21(24)16-8-11-18(12-9-16)23(7-2)28(5,25)26/h8-14,19H,6-7H2,1-5H3,(H,22,24)/t19-/m1/s1. The van der Waals surface area contributed by atoms with Crippen molar-refractivity contribution in [2.45, 2.75) is 33.2 Å². The van der Waals surface area contributed by atoms with Crippen molar-refractivity contribution in [2.24, 2.45) is 0 Å². The summed E-state index contributed by atoms with van der Waals surface area (Å²) in [5.74, 6) is 0.612. The maximum atomic E-state index is 12.7. The molecule has 0 aromatic heterocycles. The second-order valence-electron chi connectivity index (χ2n) is 6.64. The van der Waals surface area contributed by atoms with Crippen molar-refractivity contribution >= 4 is 21.6 Å². The fraction of sp³-hybridized carbons (Fsp3) is 0.381. The second-order valence-corrected chi connectivity index (χ2v) is 8.54. The molecule has 0 unspecified atom stereocenters. The van der Waals surface area contributed by atoms with E-state index in [0.29, 0.717) is 17.8 Å². The summed E-state index contributed by atoms with van der Waals surface area (Å²) >= 11 is 0. The Labute approximate surface area is 167 Å². The van der Waals surface area contributed by atoms with Crippen molar-refractivity contribution in [1.29, 1.82) is 0 Å². The summed E-state index contributed by atoms with van der Waals surface area (Å²) in [4.78, 5) is 12.7. The van der Waals surface area contributed by atoms with Crippen LogP contribution in [0.4, 0.5) is 5.69 Å². The van der Waals surface area contributed by atoms with E-state index in [1.54, 1.807) is 38.3 Å². The number of benzene rings is 2. The highest BCUT2D eigenvalue weighted by Crippen LogP contribution is 2.25. The van der Waals surface area contributed by atoms with Crippen molar-refractivity contribution < 1.29 is 17.9 Å². The van der Waals surface area contributed by atoms with Gasteiger partial charge in [-0.05, 0) is 61.7 Å². The minimum Gasteiger partial charge on any atom is -0.496 e. The van der Waals surface area contributed by atoms with Crippen molar-refractivity contribution in [3.05, 3.63) is 59.2 Å². The van der Waals surface area contributed by atoms with Gasteiger partial charge in [0, 0.05) is 12.1 Å². The molecule has 6 nitrogen and oxygen atoms in total. The van der Waals surface area contributed by atoms with E-state index >= 15 is 0 Å². The zero-order chi connectivity index (χ0) is 20.9. The van der Waals surface area contributed by atoms with Crippen LogP contribution in [0, 0.1) is 6.92 Å². The number of sulfonamides is 1. The fourth-order valence-corrected chi connectivity index (χ4v) is 4.14. The number of aryl methyl sites for hydroxylation is 1. The molecule has 0 bridgehead atoms. The Bertz CT molecular complexity index is 924. The molecule has 2 rings (SSSR count). The lowest BCUT2D eigenvalue weighted by molar-refractivity contribution is 0.0935. The van der Waals surface area contributed by atoms with Crippen molar-refractivity contribution in [2.75, 3.05) is 24.2 Å². The molecule has 0 saturated carbocycles. The molecular weight excluding hydrogens is 376 g/mol. The Morgan fingerprint density at radius 2 is 1.79 bits per heavy atom.